The van der Waals surface area contributed by atoms with Crippen molar-refractivity contribution in [2.75, 3.05) is 0 Å². The van der Waals surface area contributed by atoms with Gasteiger partial charge in [0, 0.05) is 18.0 Å². The van der Waals surface area contributed by atoms with Crippen LogP contribution in [-0.4, -0.2) is 9.97 Å². The molecule has 0 spiro atoms. The normalized spacial score (nSPS) is 9.92. The van der Waals surface area contributed by atoms with Gasteiger partial charge in [0.25, 0.3) is 0 Å². The van der Waals surface area contributed by atoms with Gasteiger partial charge in [-0.3, -0.25) is 0 Å². The summed E-state index contributed by atoms with van der Waals surface area (Å²) in [6.45, 7) is 9.65. The molecule has 0 saturated carbocycles. The first-order chi connectivity index (χ1) is 6.38. The predicted molar refractivity (Wildman–Crippen MR) is 57.2 cm³/mol. The highest BCUT2D eigenvalue weighted by Gasteiger charge is 1.93. The molecule has 0 aliphatic carbocycles. The average molecular weight is 176 g/mol. The Labute approximate surface area is 80.1 Å². The summed E-state index contributed by atoms with van der Waals surface area (Å²) in [5.41, 5.74) is 2.07. The van der Waals surface area contributed by atoms with Crippen molar-refractivity contribution in [2.45, 2.75) is 20.8 Å². The monoisotopic (exact) mass is 176 g/mol. The molecule has 0 radical (unpaired) electrons. The molecule has 2 nitrogen and oxygen atoms in total. The summed E-state index contributed by atoms with van der Waals surface area (Å²) < 4.78 is 0. The van der Waals surface area contributed by atoms with Gasteiger partial charge in [-0.05, 0) is 12.5 Å². The molecular weight excluding hydrogens is 160 g/mol. The number of nitrogens with zero attached hydrogens (tertiary/aromatic N) is 2. The fourth-order valence-corrected chi connectivity index (χ4v) is 0.851. The van der Waals surface area contributed by atoms with Gasteiger partial charge in [0.05, 0.1) is 0 Å². The number of hydrogen-bond donors (Lipinski definition) is 0. The lowest BCUT2D eigenvalue weighted by Gasteiger charge is -1.97. The fraction of sp³-hybridized carbons (Fsp3) is 0.273. The van der Waals surface area contributed by atoms with Gasteiger partial charge >= 0.3 is 0 Å². The van der Waals surface area contributed by atoms with Crippen LogP contribution in [0.5, 0.6) is 0 Å². The maximum atomic E-state index is 3.90. The van der Waals surface area contributed by atoms with Crippen LogP contribution in [0.1, 0.15) is 26.3 Å². The molecule has 0 atom stereocenters. The Morgan fingerprint density at radius 3 is 2.23 bits per heavy atom. The van der Waals surface area contributed by atoms with Crippen LogP contribution in [0.15, 0.2) is 37.5 Å². The molecule has 1 heterocycles. The van der Waals surface area contributed by atoms with E-state index in [1.807, 2.05) is 26.8 Å². The quantitative estimate of drug-likeness (QED) is 0.647. The smallest absolute Gasteiger partial charge is 0.115 e. The average Bonchev–Trinajstić information content (AvgIpc) is 2.24. The van der Waals surface area contributed by atoms with Crippen molar-refractivity contribution in [3.05, 3.63) is 43.0 Å². The van der Waals surface area contributed by atoms with Gasteiger partial charge < -0.3 is 0 Å². The van der Waals surface area contributed by atoms with Crippen LogP contribution in [0.3, 0.4) is 0 Å². The number of rotatable bonds is 2. The fourth-order valence-electron chi connectivity index (χ4n) is 0.851. The van der Waals surface area contributed by atoms with E-state index in [-0.39, 0.29) is 0 Å². The van der Waals surface area contributed by atoms with E-state index in [0.29, 0.717) is 0 Å². The van der Waals surface area contributed by atoms with E-state index in [0.717, 1.165) is 11.1 Å². The van der Waals surface area contributed by atoms with Crippen LogP contribution in [0.4, 0.5) is 0 Å². The molecule has 0 aliphatic rings. The van der Waals surface area contributed by atoms with E-state index in [1.165, 1.54) is 6.33 Å². The van der Waals surface area contributed by atoms with E-state index in [9.17, 15) is 0 Å². The first-order valence-corrected chi connectivity index (χ1v) is 4.42. The van der Waals surface area contributed by atoms with Gasteiger partial charge in [0.15, 0.2) is 0 Å². The lowest BCUT2D eigenvalue weighted by molar-refractivity contribution is 1.15. The molecule has 0 unspecified atom stereocenters. The zero-order valence-electron chi connectivity index (χ0n) is 8.49. The Balaban J connectivity index is 0.000000671. The van der Waals surface area contributed by atoms with Crippen molar-refractivity contribution in [1.29, 1.82) is 0 Å². The van der Waals surface area contributed by atoms with Gasteiger partial charge in [-0.15, -0.1) is 0 Å². The third-order valence-electron chi connectivity index (χ3n) is 1.42. The first kappa shape index (κ1) is 11.6. The SMILES string of the molecule is C=C/C(=C\C)c1cncnc1.CC. The molecule has 0 N–H and O–H groups in total. The van der Waals surface area contributed by atoms with Crippen LogP contribution in [0.2, 0.25) is 0 Å². The molecule has 0 saturated heterocycles. The summed E-state index contributed by atoms with van der Waals surface area (Å²) in [6, 6.07) is 0. The highest BCUT2D eigenvalue weighted by atomic mass is 14.8. The number of allylic oxidation sites excluding steroid dienone is 3. The summed E-state index contributed by atoms with van der Waals surface area (Å²) in [5.74, 6) is 0. The number of hydrogen-bond acceptors (Lipinski definition) is 2. The second-order valence-corrected chi connectivity index (χ2v) is 2.08. The molecule has 1 rings (SSSR count). The third kappa shape index (κ3) is 3.65. The predicted octanol–water partition coefficient (Wildman–Crippen LogP) is 3.09. The van der Waals surface area contributed by atoms with E-state index in [1.54, 1.807) is 18.5 Å². The molecule has 0 fully saturated rings. The standard InChI is InChI=1S/C9H10N2.C2H6/c1-3-8(4-2)9-5-10-7-11-6-9;1-2/h3-7H,1H2,2H3;1-2H3/b8-4+;. The van der Waals surface area contributed by atoms with Gasteiger partial charge in [-0.1, -0.05) is 32.6 Å². The highest BCUT2D eigenvalue weighted by Crippen LogP contribution is 2.11. The van der Waals surface area contributed by atoms with Crippen LogP contribution < -0.4 is 0 Å². The largest absolute Gasteiger partial charge is 0.244 e. The van der Waals surface area contributed by atoms with Crippen molar-refractivity contribution in [2.24, 2.45) is 0 Å². The van der Waals surface area contributed by atoms with Crippen molar-refractivity contribution in [3.8, 4) is 0 Å². The zero-order valence-corrected chi connectivity index (χ0v) is 8.49. The Hall–Kier alpha value is -1.44. The van der Waals surface area contributed by atoms with Crippen molar-refractivity contribution >= 4 is 5.57 Å². The van der Waals surface area contributed by atoms with Crippen molar-refractivity contribution in [1.82, 2.24) is 9.97 Å². The van der Waals surface area contributed by atoms with Gasteiger partial charge in [-0.2, -0.15) is 0 Å². The lowest BCUT2D eigenvalue weighted by Crippen LogP contribution is -1.83. The maximum absolute atomic E-state index is 3.90. The Morgan fingerprint density at radius 1 is 1.31 bits per heavy atom. The lowest BCUT2D eigenvalue weighted by atomic mass is 10.1. The van der Waals surface area contributed by atoms with E-state index in [2.05, 4.69) is 16.5 Å². The van der Waals surface area contributed by atoms with Crippen molar-refractivity contribution in [3.63, 3.8) is 0 Å². The second-order valence-electron chi connectivity index (χ2n) is 2.08. The minimum absolute atomic E-state index is 1.00. The molecule has 2 heteroatoms. The van der Waals surface area contributed by atoms with Crippen LogP contribution >= 0.6 is 0 Å². The summed E-state index contributed by atoms with van der Waals surface area (Å²) in [6.07, 6.45) is 8.82. The van der Waals surface area contributed by atoms with Gasteiger partial charge in [0.2, 0.25) is 0 Å². The van der Waals surface area contributed by atoms with Gasteiger partial charge in [0.1, 0.15) is 6.33 Å². The highest BCUT2D eigenvalue weighted by molar-refractivity contribution is 5.71. The second kappa shape index (κ2) is 7.22. The Kier molecular flexibility index (Phi) is 6.42. The summed E-state index contributed by atoms with van der Waals surface area (Å²) in [5, 5.41) is 0. The Bertz CT molecular complexity index is 263. The zero-order chi connectivity index (χ0) is 10.1. The molecular formula is C11H16N2. The topological polar surface area (TPSA) is 25.8 Å². The number of aromatic nitrogens is 2. The minimum Gasteiger partial charge on any atom is -0.244 e. The first-order valence-electron chi connectivity index (χ1n) is 4.42. The van der Waals surface area contributed by atoms with Crippen LogP contribution in [0.25, 0.3) is 5.57 Å². The Morgan fingerprint density at radius 2 is 1.85 bits per heavy atom. The van der Waals surface area contributed by atoms with Crippen molar-refractivity contribution < 1.29 is 0 Å². The van der Waals surface area contributed by atoms with E-state index >= 15 is 0 Å². The van der Waals surface area contributed by atoms with Crippen LogP contribution in [0, 0.1) is 0 Å². The van der Waals surface area contributed by atoms with E-state index < -0.39 is 0 Å². The maximum Gasteiger partial charge on any atom is 0.115 e. The summed E-state index contributed by atoms with van der Waals surface area (Å²) >= 11 is 0. The molecule has 13 heavy (non-hydrogen) atoms. The van der Waals surface area contributed by atoms with Crippen LogP contribution in [-0.2, 0) is 0 Å². The molecule has 0 aromatic carbocycles. The summed E-state index contributed by atoms with van der Waals surface area (Å²) in [4.78, 5) is 7.80. The minimum atomic E-state index is 1.00. The molecule has 0 bridgehead atoms. The third-order valence-corrected chi connectivity index (χ3v) is 1.42. The molecule has 1 aromatic heterocycles. The molecule has 0 amide bonds. The summed E-state index contributed by atoms with van der Waals surface area (Å²) in [7, 11) is 0. The molecule has 70 valence electrons. The molecule has 0 aliphatic heterocycles. The van der Waals surface area contributed by atoms with Gasteiger partial charge in [-0.25, -0.2) is 9.97 Å². The molecule has 1 aromatic rings. The van der Waals surface area contributed by atoms with E-state index in [4.69, 9.17) is 0 Å².